The number of aromatic nitrogens is 2. The fourth-order valence-electron chi connectivity index (χ4n) is 1.59. The molecule has 1 aliphatic rings. The minimum atomic E-state index is -0.493. The fourth-order valence-corrected chi connectivity index (χ4v) is 2.33. The Morgan fingerprint density at radius 2 is 2.29 bits per heavy atom. The van der Waals surface area contributed by atoms with E-state index in [2.05, 4.69) is 20.8 Å². The lowest BCUT2D eigenvalue weighted by Gasteiger charge is -2.13. The van der Waals surface area contributed by atoms with E-state index in [0.29, 0.717) is 13.0 Å². The number of hydrogen-bond donors (Lipinski definition) is 2. The zero-order chi connectivity index (χ0) is 12.3. The van der Waals surface area contributed by atoms with Crippen LogP contribution in [0.2, 0.25) is 4.47 Å². The number of nitrogens with one attached hydrogen (secondary N) is 2. The van der Waals surface area contributed by atoms with Crippen LogP contribution in [0.1, 0.15) is 29.1 Å². The van der Waals surface area contributed by atoms with Crippen molar-refractivity contribution in [3.05, 3.63) is 9.47 Å². The van der Waals surface area contributed by atoms with E-state index in [-0.39, 0.29) is 15.4 Å². The van der Waals surface area contributed by atoms with Gasteiger partial charge in [-0.2, -0.15) is 0 Å². The van der Waals surface area contributed by atoms with Crippen LogP contribution >= 0.6 is 22.9 Å². The van der Waals surface area contributed by atoms with Gasteiger partial charge in [0.05, 0.1) is 0 Å². The molecule has 2 N–H and O–H groups in total. The third-order valence-electron chi connectivity index (χ3n) is 2.44. The van der Waals surface area contributed by atoms with Gasteiger partial charge in [-0.25, -0.2) is 0 Å². The lowest BCUT2D eigenvalue weighted by molar-refractivity contribution is -0.122. The van der Waals surface area contributed by atoms with Crippen molar-refractivity contribution >= 4 is 34.8 Å². The van der Waals surface area contributed by atoms with Gasteiger partial charge in [0.1, 0.15) is 6.04 Å². The highest BCUT2D eigenvalue weighted by molar-refractivity contribution is 7.17. The van der Waals surface area contributed by atoms with Crippen molar-refractivity contribution in [2.24, 2.45) is 0 Å². The quantitative estimate of drug-likeness (QED) is 0.827. The summed E-state index contributed by atoms with van der Waals surface area (Å²) in [4.78, 5) is 23.3. The van der Waals surface area contributed by atoms with E-state index in [9.17, 15) is 9.59 Å². The van der Waals surface area contributed by atoms with Gasteiger partial charge in [0.25, 0.3) is 5.91 Å². The van der Waals surface area contributed by atoms with Crippen LogP contribution in [-0.2, 0) is 4.79 Å². The molecule has 1 aliphatic heterocycles. The van der Waals surface area contributed by atoms with E-state index in [1.54, 1.807) is 0 Å². The van der Waals surface area contributed by atoms with Crippen molar-refractivity contribution in [3.8, 4) is 0 Å². The summed E-state index contributed by atoms with van der Waals surface area (Å²) in [5.74, 6) is -0.553. The molecule has 1 unspecified atom stereocenters. The molecular weight excluding hydrogens is 264 g/mol. The minimum Gasteiger partial charge on any atom is -0.354 e. The molecule has 8 heteroatoms. The van der Waals surface area contributed by atoms with Crippen LogP contribution in [0, 0.1) is 0 Å². The summed E-state index contributed by atoms with van der Waals surface area (Å²) >= 11 is 6.58. The molecule has 0 saturated carbocycles. The van der Waals surface area contributed by atoms with Gasteiger partial charge in [0, 0.05) is 6.54 Å². The summed E-state index contributed by atoms with van der Waals surface area (Å²) in [6, 6.07) is -0.493. The Balaban J connectivity index is 1.99. The molecule has 2 amide bonds. The van der Waals surface area contributed by atoms with Gasteiger partial charge >= 0.3 is 0 Å². The molecule has 0 spiro atoms. The molecule has 0 aromatic carbocycles. The van der Waals surface area contributed by atoms with Gasteiger partial charge in [-0.1, -0.05) is 11.3 Å². The highest BCUT2D eigenvalue weighted by atomic mass is 35.5. The Bertz CT molecular complexity index is 436. The van der Waals surface area contributed by atoms with Gasteiger partial charge in [0.2, 0.25) is 15.4 Å². The van der Waals surface area contributed by atoms with Gasteiger partial charge in [-0.15, -0.1) is 10.2 Å². The topological polar surface area (TPSA) is 84.0 Å². The van der Waals surface area contributed by atoms with Crippen molar-refractivity contribution in [3.63, 3.8) is 0 Å². The molecule has 1 fully saturated rings. The summed E-state index contributed by atoms with van der Waals surface area (Å²) in [5.41, 5.74) is 0. The second-order valence-corrected chi connectivity index (χ2v) is 5.23. The van der Waals surface area contributed by atoms with E-state index < -0.39 is 11.9 Å². The first-order chi connectivity index (χ1) is 8.16. The van der Waals surface area contributed by atoms with Crippen molar-refractivity contribution in [2.45, 2.75) is 25.3 Å². The summed E-state index contributed by atoms with van der Waals surface area (Å²) < 4.78 is 0.209. The molecular formula is C9H11ClN4O2S. The Morgan fingerprint density at radius 3 is 3.00 bits per heavy atom. The molecule has 2 rings (SSSR count). The molecule has 2 heterocycles. The lowest BCUT2D eigenvalue weighted by atomic mass is 10.1. The van der Waals surface area contributed by atoms with Gasteiger partial charge in [-0.05, 0) is 30.9 Å². The summed E-state index contributed by atoms with van der Waals surface area (Å²) in [6.45, 7) is 0.663. The van der Waals surface area contributed by atoms with E-state index >= 15 is 0 Å². The second-order valence-electron chi connectivity index (χ2n) is 3.67. The van der Waals surface area contributed by atoms with Crippen LogP contribution in [-0.4, -0.2) is 34.6 Å². The molecule has 1 aromatic heterocycles. The van der Waals surface area contributed by atoms with E-state index in [1.807, 2.05) is 0 Å². The maximum atomic E-state index is 11.7. The number of carbonyl (C=O) groups is 2. The molecule has 17 heavy (non-hydrogen) atoms. The van der Waals surface area contributed by atoms with Gasteiger partial charge < -0.3 is 10.6 Å². The molecule has 1 atom stereocenters. The molecule has 0 aliphatic carbocycles. The summed E-state index contributed by atoms with van der Waals surface area (Å²) in [5, 5.41) is 12.7. The molecule has 0 bridgehead atoms. The van der Waals surface area contributed by atoms with Crippen LogP contribution in [0.15, 0.2) is 0 Å². The monoisotopic (exact) mass is 274 g/mol. The highest BCUT2D eigenvalue weighted by Crippen LogP contribution is 2.15. The Labute approximate surface area is 107 Å². The smallest absolute Gasteiger partial charge is 0.282 e. The number of carbonyl (C=O) groups excluding carboxylic acids is 2. The van der Waals surface area contributed by atoms with Crippen molar-refractivity contribution < 1.29 is 9.59 Å². The predicted molar refractivity (Wildman–Crippen MR) is 63.0 cm³/mol. The van der Waals surface area contributed by atoms with Crippen LogP contribution in [0.4, 0.5) is 0 Å². The van der Waals surface area contributed by atoms with E-state index in [1.165, 1.54) is 0 Å². The van der Waals surface area contributed by atoms with Crippen molar-refractivity contribution in [1.82, 2.24) is 20.8 Å². The second kappa shape index (κ2) is 5.42. The SMILES string of the molecule is O=C(NC1CCCCNC1=O)c1nnc(Cl)s1. The first-order valence-corrected chi connectivity index (χ1v) is 6.44. The van der Waals surface area contributed by atoms with Crippen molar-refractivity contribution in [1.29, 1.82) is 0 Å². The first-order valence-electron chi connectivity index (χ1n) is 5.24. The summed E-state index contributed by atoms with van der Waals surface area (Å²) in [7, 11) is 0. The zero-order valence-electron chi connectivity index (χ0n) is 8.90. The van der Waals surface area contributed by atoms with E-state index in [0.717, 1.165) is 24.2 Å². The average molecular weight is 275 g/mol. The largest absolute Gasteiger partial charge is 0.354 e. The first kappa shape index (κ1) is 12.3. The van der Waals surface area contributed by atoms with Crippen LogP contribution < -0.4 is 10.6 Å². The lowest BCUT2D eigenvalue weighted by Crippen LogP contribution is -2.45. The molecule has 1 saturated heterocycles. The third kappa shape index (κ3) is 3.13. The van der Waals surface area contributed by atoms with Crippen LogP contribution in [0.3, 0.4) is 0 Å². The number of hydrogen-bond acceptors (Lipinski definition) is 5. The standard InChI is InChI=1S/C9H11ClN4O2S/c10-9-14-13-8(17-9)7(16)12-5-3-1-2-4-11-6(5)15/h5H,1-4H2,(H,11,15)(H,12,16). The normalized spacial score (nSPS) is 20.5. The highest BCUT2D eigenvalue weighted by Gasteiger charge is 2.24. The Kier molecular flexibility index (Phi) is 3.90. The van der Waals surface area contributed by atoms with Crippen molar-refractivity contribution in [2.75, 3.05) is 6.54 Å². The molecule has 6 nitrogen and oxygen atoms in total. The van der Waals surface area contributed by atoms with E-state index in [4.69, 9.17) is 11.6 Å². The Morgan fingerprint density at radius 1 is 1.47 bits per heavy atom. The Hall–Kier alpha value is -1.21. The van der Waals surface area contributed by atoms with Gasteiger partial charge in [-0.3, -0.25) is 9.59 Å². The zero-order valence-corrected chi connectivity index (χ0v) is 10.5. The fraction of sp³-hybridized carbons (Fsp3) is 0.556. The molecule has 1 aromatic rings. The maximum absolute atomic E-state index is 11.7. The predicted octanol–water partition coefficient (Wildman–Crippen LogP) is 0.590. The van der Waals surface area contributed by atoms with Crippen LogP contribution in [0.5, 0.6) is 0 Å². The minimum absolute atomic E-state index is 0.147. The molecule has 92 valence electrons. The maximum Gasteiger partial charge on any atom is 0.282 e. The number of amides is 2. The van der Waals surface area contributed by atoms with Gasteiger partial charge in [0.15, 0.2) is 0 Å². The number of nitrogens with zero attached hydrogens (tertiary/aromatic N) is 2. The summed E-state index contributed by atoms with van der Waals surface area (Å²) in [6.07, 6.45) is 2.48. The third-order valence-corrected chi connectivity index (χ3v) is 3.45. The number of halogens is 1. The molecule has 0 radical (unpaired) electrons. The average Bonchev–Trinajstić information content (AvgIpc) is 2.63. The number of rotatable bonds is 2. The van der Waals surface area contributed by atoms with Crippen LogP contribution in [0.25, 0.3) is 0 Å².